The number of benzene rings is 1. The van der Waals surface area contributed by atoms with Crippen LogP contribution in [-0.2, 0) is 4.74 Å². The van der Waals surface area contributed by atoms with Gasteiger partial charge in [0.15, 0.2) is 0 Å². The third-order valence-electron chi connectivity index (χ3n) is 3.91. The number of carbonyl (C=O) groups is 1. The smallest absolute Gasteiger partial charge is 0.314 e. The first-order chi connectivity index (χ1) is 10.8. The molecule has 5 heteroatoms. The number of ether oxygens (including phenoxy) is 1. The zero-order valence-corrected chi connectivity index (χ0v) is 13.0. The summed E-state index contributed by atoms with van der Waals surface area (Å²) in [5, 5.41) is 15.6. The second-order valence-corrected chi connectivity index (χ2v) is 5.68. The van der Waals surface area contributed by atoms with Crippen molar-refractivity contribution in [1.82, 2.24) is 10.6 Å². The highest BCUT2D eigenvalue weighted by molar-refractivity contribution is 5.73. The number of hydrogen-bond donors (Lipinski definition) is 3. The lowest BCUT2D eigenvalue weighted by molar-refractivity contribution is 0.0120. The molecular formula is C17H26N2O3. The molecule has 1 aliphatic heterocycles. The Labute approximate surface area is 132 Å². The maximum absolute atomic E-state index is 11.7. The van der Waals surface area contributed by atoms with Crippen LogP contribution in [0, 0.1) is 0 Å². The summed E-state index contributed by atoms with van der Waals surface area (Å²) in [4.78, 5) is 11.7. The quantitative estimate of drug-likeness (QED) is 0.724. The third-order valence-corrected chi connectivity index (χ3v) is 3.91. The lowest BCUT2D eigenvalue weighted by atomic mass is 10.1. The Morgan fingerprint density at radius 2 is 2.00 bits per heavy atom. The average molecular weight is 306 g/mol. The normalized spacial score (nSPS) is 19.4. The Bertz CT molecular complexity index is 433. The Morgan fingerprint density at radius 1 is 1.23 bits per heavy atom. The van der Waals surface area contributed by atoms with Gasteiger partial charge >= 0.3 is 6.03 Å². The van der Waals surface area contributed by atoms with Crippen LogP contribution in [0.3, 0.4) is 0 Å². The fourth-order valence-electron chi connectivity index (χ4n) is 2.61. The van der Waals surface area contributed by atoms with E-state index < -0.39 is 6.10 Å². The maximum atomic E-state index is 11.7. The molecule has 0 radical (unpaired) electrons. The molecule has 0 bridgehead atoms. The Hall–Kier alpha value is -1.59. The molecular weight excluding hydrogens is 280 g/mol. The van der Waals surface area contributed by atoms with Gasteiger partial charge in [-0.1, -0.05) is 30.3 Å². The molecule has 22 heavy (non-hydrogen) atoms. The van der Waals surface area contributed by atoms with Crippen LogP contribution in [0.5, 0.6) is 0 Å². The highest BCUT2D eigenvalue weighted by Crippen LogP contribution is 2.15. The molecule has 122 valence electrons. The zero-order valence-electron chi connectivity index (χ0n) is 13.0. The molecule has 1 aliphatic rings. The van der Waals surface area contributed by atoms with Crippen LogP contribution in [-0.4, -0.2) is 36.9 Å². The summed E-state index contributed by atoms with van der Waals surface area (Å²) in [7, 11) is 0. The topological polar surface area (TPSA) is 70.6 Å². The van der Waals surface area contributed by atoms with Gasteiger partial charge in [-0.3, -0.25) is 0 Å². The lowest BCUT2D eigenvalue weighted by Gasteiger charge is -2.22. The predicted octanol–water partition coefficient (Wildman–Crippen LogP) is 2.37. The first-order valence-corrected chi connectivity index (χ1v) is 8.12. The monoisotopic (exact) mass is 306 g/mol. The van der Waals surface area contributed by atoms with Crippen molar-refractivity contribution in [3.05, 3.63) is 35.9 Å². The minimum absolute atomic E-state index is 0.184. The highest BCUT2D eigenvalue weighted by atomic mass is 16.5. The van der Waals surface area contributed by atoms with Gasteiger partial charge in [0.1, 0.15) is 0 Å². The summed E-state index contributed by atoms with van der Waals surface area (Å²) >= 11 is 0. The van der Waals surface area contributed by atoms with E-state index in [9.17, 15) is 9.90 Å². The molecule has 1 saturated heterocycles. The SMILES string of the molecule is O=C(NCCC1CCCCO1)NCCC(O)c1ccccc1. The van der Waals surface area contributed by atoms with E-state index in [0.29, 0.717) is 19.5 Å². The number of hydrogen-bond acceptors (Lipinski definition) is 3. The maximum Gasteiger partial charge on any atom is 0.314 e. The largest absolute Gasteiger partial charge is 0.388 e. The van der Waals surface area contributed by atoms with E-state index in [4.69, 9.17) is 4.74 Å². The van der Waals surface area contributed by atoms with Crippen molar-refractivity contribution in [2.45, 2.75) is 44.3 Å². The van der Waals surface area contributed by atoms with Crippen molar-refractivity contribution in [2.24, 2.45) is 0 Å². The van der Waals surface area contributed by atoms with Gasteiger partial charge < -0.3 is 20.5 Å². The van der Waals surface area contributed by atoms with Crippen LogP contribution in [0.1, 0.15) is 43.8 Å². The lowest BCUT2D eigenvalue weighted by Crippen LogP contribution is -2.38. The molecule has 1 aromatic carbocycles. The van der Waals surface area contributed by atoms with E-state index in [2.05, 4.69) is 10.6 Å². The summed E-state index contributed by atoms with van der Waals surface area (Å²) in [5.41, 5.74) is 0.874. The Kier molecular flexibility index (Phi) is 7.19. The summed E-state index contributed by atoms with van der Waals surface area (Å²) in [6.45, 7) is 1.91. The van der Waals surface area contributed by atoms with Crippen LogP contribution in [0.2, 0.25) is 0 Å². The average Bonchev–Trinajstić information content (AvgIpc) is 2.56. The Morgan fingerprint density at radius 3 is 2.73 bits per heavy atom. The van der Waals surface area contributed by atoms with E-state index in [1.165, 1.54) is 6.42 Å². The molecule has 1 heterocycles. The molecule has 1 fully saturated rings. The van der Waals surface area contributed by atoms with Crippen molar-refractivity contribution >= 4 is 6.03 Å². The van der Waals surface area contributed by atoms with Crippen molar-refractivity contribution in [1.29, 1.82) is 0 Å². The van der Waals surface area contributed by atoms with E-state index in [1.54, 1.807) is 0 Å². The number of carbonyl (C=O) groups excluding carboxylic acids is 1. The van der Waals surface area contributed by atoms with Gasteiger partial charge in [-0.2, -0.15) is 0 Å². The first kappa shape index (κ1) is 16.8. The van der Waals surface area contributed by atoms with Gasteiger partial charge in [0.2, 0.25) is 0 Å². The fourth-order valence-corrected chi connectivity index (χ4v) is 2.61. The molecule has 5 nitrogen and oxygen atoms in total. The number of nitrogens with one attached hydrogen (secondary N) is 2. The standard InChI is InChI=1S/C17H26N2O3/c20-16(14-6-2-1-3-7-14)10-12-19-17(21)18-11-9-15-8-4-5-13-22-15/h1-3,6-7,15-16,20H,4-5,8-13H2,(H2,18,19,21). The minimum Gasteiger partial charge on any atom is -0.388 e. The molecule has 2 atom stereocenters. The fraction of sp³-hybridized carbons (Fsp3) is 0.588. The molecule has 3 N–H and O–H groups in total. The molecule has 2 rings (SSSR count). The highest BCUT2D eigenvalue weighted by Gasteiger charge is 2.13. The van der Waals surface area contributed by atoms with Crippen molar-refractivity contribution < 1.29 is 14.6 Å². The van der Waals surface area contributed by atoms with Crippen LogP contribution < -0.4 is 10.6 Å². The van der Waals surface area contributed by atoms with E-state index in [-0.39, 0.29) is 12.1 Å². The van der Waals surface area contributed by atoms with E-state index in [0.717, 1.165) is 31.4 Å². The van der Waals surface area contributed by atoms with Gasteiger partial charge in [0, 0.05) is 19.7 Å². The van der Waals surface area contributed by atoms with E-state index >= 15 is 0 Å². The number of aliphatic hydroxyl groups excluding tert-OH is 1. The van der Waals surface area contributed by atoms with Gasteiger partial charge in [0.05, 0.1) is 12.2 Å². The van der Waals surface area contributed by atoms with Crippen LogP contribution in [0.15, 0.2) is 30.3 Å². The number of rotatable bonds is 7. The van der Waals surface area contributed by atoms with Crippen molar-refractivity contribution in [2.75, 3.05) is 19.7 Å². The first-order valence-electron chi connectivity index (χ1n) is 8.12. The van der Waals surface area contributed by atoms with Crippen LogP contribution in [0.25, 0.3) is 0 Å². The molecule has 2 unspecified atom stereocenters. The molecule has 0 spiro atoms. The Balaban J connectivity index is 1.54. The van der Waals surface area contributed by atoms with Crippen molar-refractivity contribution in [3.63, 3.8) is 0 Å². The van der Waals surface area contributed by atoms with E-state index in [1.807, 2.05) is 30.3 Å². The third kappa shape index (κ3) is 6.03. The predicted molar refractivity (Wildman–Crippen MR) is 85.6 cm³/mol. The summed E-state index contributed by atoms with van der Waals surface area (Å²) in [5.74, 6) is 0. The van der Waals surface area contributed by atoms with Gasteiger partial charge in [-0.15, -0.1) is 0 Å². The molecule has 0 aliphatic carbocycles. The van der Waals surface area contributed by atoms with Crippen molar-refractivity contribution in [3.8, 4) is 0 Å². The molecule has 1 aromatic rings. The van der Waals surface area contributed by atoms with Crippen LogP contribution >= 0.6 is 0 Å². The zero-order chi connectivity index (χ0) is 15.6. The molecule has 2 amide bonds. The van der Waals surface area contributed by atoms with Gasteiger partial charge in [0.25, 0.3) is 0 Å². The number of urea groups is 1. The minimum atomic E-state index is -0.544. The van der Waals surface area contributed by atoms with Crippen LogP contribution in [0.4, 0.5) is 4.79 Å². The second kappa shape index (κ2) is 9.43. The van der Waals surface area contributed by atoms with Gasteiger partial charge in [-0.05, 0) is 37.7 Å². The molecule has 0 saturated carbocycles. The summed E-state index contributed by atoms with van der Waals surface area (Å²) in [6.07, 6.45) is 4.56. The number of aliphatic hydroxyl groups is 1. The molecule has 0 aromatic heterocycles. The van der Waals surface area contributed by atoms with Gasteiger partial charge in [-0.25, -0.2) is 4.79 Å². The second-order valence-electron chi connectivity index (χ2n) is 5.68. The summed E-state index contributed by atoms with van der Waals surface area (Å²) in [6, 6.07) is 9.29. The summed E-state index contributed by atoms with van der Waals surface area (Å²) < 4.78 is 5.62. The number of amides is 2.